The highest BCUT2D eigenvalue weighted by Crippen LogP contribution is 2.35. The van der Waals surface area contributed by atoms with Crippen LogP contribution in [-0.2, 0) is 4.79 Å². The van der Waals surface area contributed by atoms with Gasteiger partial charge in [-0.2, -0.15) is 5.10 Å². The molecule has 0 amide bonds. The van der Waals surface area contributed by atoms with Gasteiger partial charge in [-0.05, 0) is 35.5 Å². The van der Waals surface area contributed by atoms with E-state index >= 15 is 0 Å². The third-order valence-corrected chi connectivity index (χ3v) is 4.05. The summed E-state index contributed by atoms with van der Waals surface area (Å²) in [5, 5.41) is 7.69. The largest absolute Gasteiger partial charge is 0.292 e. The van der Waals surface area contributed by atoms with Gasteiger partial charge in [0.05, 0.1) is 5.69 Å². The van der Waals surface area contributed by atoms with Crippen molar-refractivity contribution < 1.29 is 4.79 Å². The van der Waals surface area contributed by atoms with E-state index in [-0.39, 0.29) is 5.78 Å². The fraction of sp³-hybridized carbons (Fsp3) is 0.0588. The number of hydrogen-bond donors (Lipinski definition) is 0. The second kappa shape index (κ2) is 5.97. The number of carbonyl (C=O) groups is 1. The van der Waals surface area contributed by atoms with Gasteiger partial charge in [0.15, 0.2) is 10.8 Å². The summed E-state index contributed by atoms with van der Waals surface area (Å²) in [6, 6.07) is 19.9. The number of benzene rings is 2. The third kappa shape index (κ3) is 3.06. The Morgan fingerprint density at radius 2 is 1.67 bits per heavy atom. The molecule has 0 radical (unpaired) electrons. The molecule has 0 N–H and O–H groups in total. The molecule has 0 fully saturated rings. The molecule has 2 aromatic rings. The monoisotopic (exact) mass is 294 g/mol. The highest BCUT2D eigenvalue weighted by molar-refractivity contribution is 8.19. The van der Waals surface area contributed by atoms with E-state index < -0.39 is 0 Å². The zero-order chi connectivity index (χ0) is 14.7. The molecule has 21 heavy (non-hydrogen) atoms. The van der Waals surface area contributed by atoms with Gasteiger partial charge in [0.25, 0.3) is 0 Å². The fourth-order valence-electron chi connectivity index (χ4n) is 1.98. The first kappa shape index (κ1) is 13.6. The van der Waals surface area contributed by atoms with Crippen molar-refractivity contribution in [2.75, 3.05) is 5.01 Å². The molecule has 0 saturated heterocycles. The van der Waals surface area contributed by atoms with Gasteiger partial charge in [0.1, 0.15) is 5.03 Å². The average Bonchev–Trinajstić information content (AvgIpc) is 2.93. The number of hydrazone groups is 1. The second-order valence-electron chi connectivity index (χ2n) is 4.60. The highest BCUT2D eigenvalue weighted by Gasteiger charge is 2.25. The molecule has 0 spiro atoms. The van der Waals surface area contributed by atoms with Crippen molar-refractivity contribution in [2.45, 2.75) is 6.92 Å². The molecule has 1 heterocycles. The average molecular weight is 294 g/mol. The molecular weight excluding hydrogens is 280 g/mol. The topological polar surface area (TPSA) is 32.7 Å². The van der Waals surface area contributed by atoms with E-state index in [0.29, 0.717) is 5.04 Å². The van der Waals surface area contributed by atoms with Gasteiger partial charge >= 0.3 is 0 Å². The van der Waals surface area contributed by atoms with Crippen molar-refractivity contribution in [1.82, 2.24) is 0 Å². The van der Waals surface area contributed by atoms with Crippen LogP contribution >= 0.6 is 11.8 Å². The zero-order valence-electron chi connectivity index (χ0n) is 11.6. The van der Waals surface area contributed by atoms with Crippen LogP contribution in [0.2, 0.25) is 0 Å². The van der Waals surface area contributed by atoms with E-state index in [0.717, 1.165) is 16.3 Å². The lowest BCUT2D eigenvalue weighted by molar-refractivity contribution is -0.110. The summed E-state index contributed by atoms with van der Waals surface area (Å²) in [4.78, 5) is 11.6. The zero-order valence-corrected chi connectivity index (χ0v) is 12.4. The normalized spacial score (nSPS) is 16.1. The van der Waals surface area contributed by atoms with Crippen LogP contribution in [0, 0.1) is 0 Å². The standard InChI is InChI=1S/C17H14N2OS/c1-13(20)17-18-19(15-10-6-3-7-11-15)16(21-17)12-14-8-4-2-5-9-14/h2-12H,1H3/b16-12-. The summed E-state index contributed by atoms with van der Waals surface area (Å²) in [6.45, 7) is 1.54. The molecule has 1 aliphatic heterocycles. The van der Waals surface area contributed by atoms with Gasteiger partial charge in [-0.1, -0.05) is 48.5 Å². The second-order valence-corrected chi connectivity index (χ2v) is 5.61. The molecule has 0 unspecified atom stereocenters. The van der Waals surface area contributed by atoms with Crippen LogP contribution in [-0.4, -0.2) is 10.8 Å². The summed E-state index contributed by atoms with van der Waals surface area (Å²) < 4.78 is 0. The molecule has 3 nitrogen and oxygen atoms in total. The molecule has 0 bridgehead atoms. The van der Waals surface area contributed by atoms with Crippen LogP contribution in [0.3, 0.4) is 0 Å². The first-order chi connectivity index (χ1) is 10.2. The first-order valence-corrected chi connectivity index (χ1v) is 7.45. The molecule has 4 heteroatoms. The maximum absolute atomic E-state index is 11.6. The Morgan fingerprint density at radius 3 is 2.29 bits per heavy atom. The number of Topliss-reactive ketones (excluding diaryl/α,β-unsaturated/α-hetero) is 1. The summed E-state index contributed by atoms with van der Waals surface area (Å²) >= 11 is 1.40. The van der Waals surface area contributed by atoms with E-state index in [2.05, 4.69) is 5.10 Å². The van der Waals surface area contributed by atoms with E-state index in [4.69, 9.17) is 0 Å². The lowest BCUT2D eigenvalue weighted by atomic mass is 10.2. The molecule has 3 rings (SSSR count). The molecule has 0 saturated carbocycles. The predicted octanol–water partition coefficient (Wildman–Crippen LogP) is 4.14. The SMILES string of the molecule is CC(=O)C1=NN(c2ccccc2)/C(=C/c2ccccc2)S1. The van der Waals surface area contributed by atoms with Gasteiger partial charge in [-0.15, -0.1) is 0 Å². The smallest absolute Gasteiger partial charge is 0.186 e. The number of nitrogens with zero attached hydrogens (tertiary/aromatic N) is 2. The molecule has 0 aromatic heterocycles. The van der Waals surface area contributed by atoms with E-state index in [1.54, 1.807) is 6.92 Å². The molecule has 0 aliphatic carbocycles. The lowest BCUT2D eigenvalue weighted by Crippen LogP contribution is -2.09. The maximum atomic E-state index is 11.6. The fourth-order valence-corrected chi connectivity index (χ4v) is 2.87. The number of ketones is 1. The number of carbonyl (C=O) groups excluding carboxylic acids is 1. The summed E-state index contributed by atoms with van der Waals surface area (Å²) in [6.07, 6.45) is 2.04. The van der Waals surface area contributed by atoms with Gasteiger partial charge in [-0.25, -0.2) is 5.01 Å². The summed E-state index contributed by atoms with van der Waals surface area (Å²) in [5.74, 6) is -0.0163. The van der Waals surface area contributed by atoms with Crippen LogP contribution in [0.4, 0.5) is 5.69 Å². The number of thioether (sulfide) groups is 1. The van der Waals surface area contributed by atoms with Crippen LogP contribution in [0.5, 0.6) is 0 Å². The van der Waals surface area contributed by atoms with Crippen molar-refractivity contribution in [1.29, 1.82) is 0 Å². The quantitative estimate of drug-likeness (QED) is 0.853. The Bertz CT molecular complexity index is 708. The van der Waals surface area contributed by atoms with Crippen molar-refractivity contribution in [2.24, 2.45) is 5.10 Å². The van der Waals surface area contributed by atoms with Crippen molar-refractivity contribution >= 4 is 34.4 Å². The van der Waals surface area contributed by atoms with Crippen molar-refractivity contribution in [3.05, 3.63) is 71.3 Å². The molecule has 104 valence electrons. The van der Waals surface area contributed by atoms with Crippen molar-refractivity contribution in [3.8, 4) is 0 Å². The number of hydrogen-bond acceptors (Lipinski definition) is 4. The van der Waals surface area contributed by atoms with E-state index in [1.165, 1.54) is 11.8 Å². The maximum Gasteiger partial charge on any atom is 0.186 e. The molecule has 0 atom stereocenters. The van der Waals surface area contributed by atoms with Gasteiger partial charge in [0.2, 0.25) is 0 Å². The Hall–Kier alpha value is -2.33. The highest BCUT2D eigenvalue weighted by atomic mass is 32.2. The van der Waals surface area contributed by atoms with E-state index in [1.807, 2.05) is 71.7 Å². The summed E-state index contributed by atoms with van der Waals surface area (Å²) in [5.41, 5.74) is 2.03. The van der Waals surface area contributed by atoms with Crippen LogP contribution < -0.4 is 5.01 Å². The number of anilines is 1. The minimum absolute atomic E-state index is 0.0163. The minimum Gasteiger partial charge on any atom is -0.292 e. The van der Waals surface area contributed by atoms with Crippen LogP contribution in [0.1, 0.15) is 12.5 Å². The van der Waals surface area contributed by atoms with Crippen molar-refractivity contribution in [3.63, 3.8) is 0 Å². The predicted molar refractivity (Wildman–Crippen MR) is 89.0 cm³/mol. The Kier molecular flexibility index (Phi) is 3.88. The van der Waals surface area contributed by atoms with Gasteiger partial charge in [0, 0.05) is 6.92 Å². The summed E-state index contributed by atoms with van der Waals surface area (Å²) in [7, 11) is 0. The lowest BCUT2D eigenvalue weighted by Gasteiger charge is -2.15. The number of rotatable bonds is 3. The van der Waals surface area contributed by atoms with Gasteiger partial charge in [-0.3, -0.25) is 4.79 Å². The number of para-hydroxylation sites is 1. The Labute approximate surface area is 128 Å². The molecular formula is C17H14N2OS. The van der Waals surface area contributed by atoms with E-state index in [9.17, 15) is 4.79 Å². The Morgan fingerprint density at radius 1 is 1.05 bits per heavy atom. The third-order valence-electron chi connectivity index (χ3n) is 2.99. The molecule has 2 aromatic carbocycles. The van der Waals surface area contributed by atoms with Crippen LogP contribution in [0.25, 0.3) is 6.08 Å². The van der Waals surface area contributed by atoms with Gasteiger partial charge < -0.3 is 0 Å². The van der Waals surface area contributed by atoms with Crippen LogP contribution in [0.15, 0.2) is 70.8 Å². The minimum atomic E-state index is -0.0163. The first-order valence-electron chi connectivity index (χ1n) is 6.63. The molecule has 1 aliphatic rings. The Balaban J connectivity index is 2.00.